The summed E-state index contributed by atoms with van der Waals surface area (Å²) in [5.74, 6) is 0.817. The SMILES string of the molecule is CCNC(=NCc1ccc([N+](=O)[O-])cc1)N(C)Cc1ccsc1.I. The van der Waals surface area contributed by atoms with E-state index in [4.69, 9.17) is 0 Å². The summed E-state index contributed by atoms with van der Waals surface area (Å²) in [5, 5.41) is 18.1. The summed E-state index contributed by atoms with van der Waals surface area (Å²) in [6.45, 7) is 4.08. The molecule has 0 amide bonds. The second kappa shape index (κ2) is 10.2. The topological polar surface area (TPSA) is 70.8 Å². The van der Waals surface area contributed by atoms with E-state index in [1.54, 1.807) is 23.5 Å². The van der Waals surface area contributed by atoms with Crippen molar-refractivity contribution < 1.29 is 4.92 Å². The molecule has 1 N–H and O–H groups in total. The van der Waals surface area contributed by atoms with Crippen LogP contribution in [0.4, 0.5) is 5.69 Å². The monoisotopic (exact) mass is 460 g/mol. The molecular weight excluding hydrogens is 439 g/mol. The van der Waals surface area contributed by atoms with E-state index in [0.717, 1.165) is 24.6 Å². The lowest BCUT2D eigenvalue weighted by atomic mass is 10.2. The molecule has 1 aromatic heterocycles. The average Bonchev–Trinajstić information content (AvgIpc) is 3.04. The maximum atomic E-state index is 10.7. The van der Waals surface area contributed by atoms with E-state index in [1.165, 1.54) is 17.7 Å². The Morgan fingerprint density at radius 1 is 1.29 bits per heavy atom. The molecule has 0 aliphatic carbocycles. The molecule has 0 unspecified atom stereocenters. The van der Waals surface area contributed by atoms with Crippen LogP contribution in [0.1, 0.15) is 18.1 Å². The largest absolute Gasteiger partial charge is 0.357 e. The van der Waals surface area contributed by atoms with Gasteiger partial charge in [-0.1, -0.05) is 12.1 Å². The Hall–Kier alpha value is -1.68. The van der Waals surface area contributed by atoms with Crippen molar-refractivity contribution in [2.45, 2.75) is 20.0 Å². The first-order valence-electron chi connectivity index (χ1n) is 7.34. The van der Waals surface area contributed by atoms with Gasteiger partial charge in [-0.05, 0) is 34.9 Å². The van der Waals surface area contributed by atoms with Gasteiger partial charge >= 0.3 is 0 Å². The molecular formula is C16H21IN4O2S. The number of non-ortho nitro benzene ring substituents is 1. The van der Waals surface area contributed by atoms with Gasteiger partial charge in [0.25, 0.3) is 5.69 Å². The molecule has 24 heavy (non-hydrogen) atoms. The number of nitro groups is 1. The number of halogens is 1. The van der Waals surface area contributed by atoms with Crippen LogP contribution in [-0.4, -0.2) is 29.4 Å². The van der Waals surface area contributed by atoms with Gasteiger partial charge in [-0.15, -0.1) is 24.0 Å². The van der Waals surface area contributed by atoms with Crippen molar-refractivity contribution in [3.63, 3.8) is 0 Å². The van der Waals surface area contributed by atoms with Crippen LogP contribution in [0.15, 0.2) is 46.1 Å². The first kappa shape index (κ1) is 20.4. The van der Waals surface area contributed by atoms with Crippen molar-refractivity contribution in [1.29, 1.82) is 0 Å². The summed E-state index contributed by atoms with van der Waals surface area (Å²) in [7, 11) is 2.00. The maximum Gasteiger partial charge on any atom is 0.269 e. The van der Waals surface area contributed by atoms with Crippen molar-refractivity contribution in [3.8, 4) is 0 Å². The Balaban J connectivity index is 0.00000288. The molecule has 0 bridgehead atoms. The van der Waals surface area contributed by atoms with Crippen molar-refractivity contribution in [2.24, 2.45) is 4.99 Å². The maximum absolute atomic E-state index is 10.7. The Morgan fingerprint density at radius 3 is 2.54 bits per heavy atom. The Bertz CT molecular complexity index is 659. The minimum Gasteiger partial charge on any atom is -0.357 e. The molecule has 0 saturated carbocycles. The van der Waals surface area contributed by atoms with E-state index in [1.807, 2.05) is 14.0 Å². The molecule has 2 rings (SSSR count). The number of aliphatic imine (C=N–C) groups is 1. The normalized spacial score (nSPS) is 10.8. The number of nitro benzene ring substituents is 1. The number of hydrogen-bond donors (Lipinski definition) is 1. The lowest BCUT2D eigenvalue weighted by Crippen LogP contribution is -2.38. The Morgan fingerprint density at radius 2 is 2.00 bits per heavy atom. The third-order valence-corrected chi connectivity index (χ3v) is 3.99. The highest BCUT2D eigenvalue weighted by Gasteiger charge is 2.07. The predicted octanol–water partition coefficient (Wildman–Crippen LogP) is 3.87. The summed E-state index contributed by atoms with van der Waals surface area (Å²) in [4.78, 5) is 16.9. The summed E-state index contributed by atoms with van der Waals surface area (Å²) in [5.41, 5.74) is 2.28. The van der Waals surface area contributed by atoms with Crippen LogP contribution in [0.3, 0.4) is 0 Å². The third-order valence-electron chi connectivity index (χ3n) is 3.25. The highest BCUT2D eigenvalue weighted by atomic mass is 127. The molecule has 1 aromatic carbocycles. The summed E-state index contributed by atoms with van der Waals surface area (Å²) < 4.78 is 0. The van der Waals surface area contributed by atoms with Gasteiger partial charge in [-0.3, -0.25) is 10.1 Å². The molecule has 2 aromatic rings. The quantitative estimate of drug-likeness (QED) is 0.234. The number of hydrogen-bond acceptors (Lipinski definition) is 4. The predicted molar refractivity (Wildman–Crippen MR) is 109 cm³/mol. The van der Waals surface area contributed by atoms with E-state index in [0.29, 0.717) is 6.54 Å². The van der Waals surface area contributed by atoms with Crippen LogP contribution in [0, 0.1) is 10.1 Å². The van der Waals surface area contributed by atoms with Crippen LogP contribution in [0.5, 0.6) is 0 Å². The minimum absolute atomic E-state index is 0. The van der Waals surface area contributed by atoms with Gasteiger partial charge in [-0.25, -0.2) is 4.99 Å². The van der Waals surface area contributed by atoms with Crippen molar-refractivity contribution in [3.05, 3.63) is 62.3 Å². The lowest BCUT2D eigenvalue weighted by molar-refractivity contribution is -0.384. The summed E-state index contributed by atoms with van der Waals surface area (Å²) in [6.07, 6.45) is 0. The molecule has 0 aliphatic heterocycles. The molecule has 6 nitrogen and oxygen atoms in total. The summed E-state index contributed by atoms with van der Waals surface area (Å²) in [6, 6.07) is 8.59. The molecule has 1 heterocycles. The van der Waals surface area contributed by atoms with Gasteiger partial charge in [-0.2, -0.15) is 11.3 Å². The summed E-state index contributed by atoms with van der Waals surface area (Å²) >= 11 is 1.68. The zero-order chi connectivity index (χ0) is 16.7. The number of nitrogens with one attached hydrogen (secondary N) is 1. The van der Waals surface area contributed by atoms with E-state index >= 15 is 0 Å². The second-order valence-electron chi connectivity index (χ2n) is 5.08. The van der Waals surface area contributed by atoms with Gasteiger partial charge in [0.05, 0.1) is 11.5 Å². The molecule has 0 saturated heterocycles. The number of benzene rings is 1. The number of thiophene rings is 1. The van der Waals surface area contributed by atoms with Gasteiger partial charge in [0.15, 0.2) is 5.96 Å². The van der Waals surface area contributed by atoms with Gasteiger partial charge in [0, 0.05) is 32.3 Å². The van der Waals surface area contributed by atoms with Crippen molar-refractivity contribution >= 4 is 47.0 Å². The number of nitrogens with zero attached hydrogens (tertiary/aromatic N) is 3. The van der Waals surface area contributed by atoms with Crippen LogP contribution in [0.25, 0.3) is 0 Å². The molecule has 0 spiro atoms. The standard InChI is InChI=1S/C16H20N4O2S.HI/c1-3-17-16(19(2)11-14-8-9-23-12-14)18-10-13-4-6-15(7-5-13)20(21)22;/h4-9,12H,3,10-11H2,1-2H3,(H,17,18);1H. The molecule has 0 fully saturated rings. The second-order valence-corrected chi connectivity index (χ2v) is 5.86. The van der Waals surface area contributed by atoms with Gasteiger partial charge < -0.3 is 10.2 Å². The van der Waals surface area contributed by atoms with Crippen LogP contribution >= 0.6 is 35.3 Å². The van der Waals surface area contributed by atoms with Crippen molar-refractivity contribution in [2.75, 3.05) is 13.6 Å². The van der Waals surface area contributed by atoms with E-state index in [9.17, 15) is 10.1 Å². The zero-order valence-corrected chi connectivity index (χ0v) is 16.8. The van der Waals surface area contributed by atoms with Crippen LogP contribution < -0.4 is 5.32 Å². The molecule has 0 radical (unpaired) electrons. The molecule has 130 valence electrons. The first-order chi connectivity index (χ1) is 11.1. The highest BCUT2D eigenvalue weighted by molar-refractivity contribution is 14.0. The van der Waals surface area contributed by atoms with E-state index in [-0.39, 0.29) is 29.7 Å². The Kier molecular flexibility index (Phi) is 8.69. The zero-order valence-electron chi connectivity index (χ0n) is 13.6. The van der Waals surface area contributed by atoms with E-state index < -0.39 is 4.92 Å². The fraction of sp³-hybridized carbons (Fsp3) is 0.312. The van der Waals surface area contributed by atoms with E-state index in [2.05, 4.69) is 32.0 Å². The first-order valence-corrected chi connectivity index (χ1v) is 8.28. The fourth-order valence-corrected chi connectivity index (χ4v) is 2.75. The average molecular weight is 460 g/mol. The minimum atomic E-state index is -0.397. The molecule has 8 heteroatoms. The number of guanidine groups is 1. The third kappa shape index (κ3) is 6.08. The Labute approximate surface area is 162 Å². The van der Waals surface area contributed by atoms with Crippen molar-refractivity contribution in [1.82, 2.24) is 10.2 Å². The molecule has 0 atom stereocenters. The fourth-order valence-electron chi connectivity index (χ4n) is 2.09. The van der Waals surface area contributed by atoms with Crippen LogP contribution in [0.2, 0.25) is 0 Å². The van der Waals surface area contributed by atoms with Crippen LogP contribution in [-0.2, 0) is 13.1 Å². The molecule has 0 aliphatic rings. The lowest BCUT2D eigenvalue weighted by Gasteiger charge is -2.21. The smallest absolute Gasteiger partial charge is 0.269 e. The number of rotatable bonds is 6. The highest BCUT2D eigenvalue weighted by Crippen LogP contribution is 2.13. The van der Waals surface area contributed by atoms with Gasteiger partial charge in [0.1, 0.15) is 0 Å². The van der Waals surface area contributed by atoms with Gasteiger partial charge in [0.2, 0.25) is 0 Å².